The van der Waals surface area contributed by atoms with Crippen LogP contribution < -0.4 is 14.9 Å². The summed E-state index contributed by atoms with van der Waals surface area (Å²) >= 11 is 5.98. The summed E-state index contributed by atoms with van der Waals surface area (Å²) in [5.74, 6) is 1.58. The summed E-state index contributed by atoms with van der Waals surface area (Å²) in [7, 11) is 1.67. The van der Waals surface area contributed by atoms with E-state index in [0.29, 0.717) is 41.4 Å². The molecule has 0 unspecified atom stereocenters. The van der Waals surface area contributed by atoms with Crippen molar-refractivity contribution in [1.29, 1.82) is 0 Å². The smallest absolute Gasteiger partial charge is 0.200 e. The van der Waals surface area contributed by atoms with Crippen LogP contribution in [-0.2, 0) is 13.1 Å². The molecule has 0 atom stereocenters. The van der Waals surface area contributed by atoms with E-state index in [9.17, 15) is 4.79 Å². The van der Waals surface area contributed by atoms with Gasteiger partial charge < -0.3 is 13.9 Å². The second-order valence-electron chi connectivity index (χ2n) is 7.48. The highest BCUT2D eigenvalue weighted by Gasteiger charge is 2.23. The van der Waals surface area contributed by atoms with E-state index in [4.69, 9.17) is 25.5 Å². The number of nitrogens with zero attached hydrogens (tertiary/aromatic N) is 1. The molecule has 5 nitrogen and oxygen atoms in total. The van der Waals surface area contributed by atoms with Crippen molar-refractivity contribution in [3.8, 4) is 22.6 Å². The fraction of sp³-hybridized carbons (Fsp3) is 0.160. The third-order valence-corrected chi connectivity index (χ3v) is 5.78. The number of ether oxygens (including phenoxy) is 2. The van der Waals surface area contributed by atoms with Crippen LogP contribution in [0.4, 0.5) is 0 Å². The maximum absolute atomic E-state index is 13.2. The molecular formula is C25H20ClNO4. The molecule has 1 aliphatic rings. The van der Waals surface area contributed by atoms with E-state index >= 15 is 0 Å². The van der Waals surface area contributed by atoms with Crippen molar-refractivity contribution in [3.63, 3.8) is 0 Å². The second-order valence-corrected chi connectivity index (χ2v) is 7.91. The molecule has 4 aromatic rings. The lowest BCUT2D eigenvalue weighted by Gasteiger charge is -2.29. The maximum Gasteiger partial charge on any atom is 0.200 e. The average molecular weight is 434 g/mol. The third kappa shape index (κ3) is 3.67. The molecule has 31 heavy (non-hydrogen) atoms. The first-order valence-corrected chi connectivity index (χ1v) is 10.3. The first-order chi connectivity index (χ1) is 15.1. The van der Waals surface area contributed by atoms with Crippen LogP contribution in [0.25, 0.3) is 22.1 Å². The monoisotopic (exact) mass is 433 g/mol. The van der Waals surface area contributed by atoms with Gasteiger partial charge in [0.1, 0.15) is 30.1 Å². The number of hydrogen-bond donors (Lipinski definition) is 0. The van der Waals surface area contributed by atoms with Crippen LogP contribution in [0, 0.1) is 0 Å². The molecule has 3 aromatic carbocycles. The Morgan fingerprint density at radius 3 is 2.68 bits per heavy atom. The van der Waals surface area contributed by atoms with Crippen LogP contribution >= 0.6 is 11.6 Å². The first kappa shape index (κ1) is 19.7. The normalized spacial score (nSPS) is 13.6. The van der Waals surface area contributed by atoms with Crippen molar-refractivity contribution in [2.75, 3.05) is 13.8 Å². The van der Waals surface area contributed by atoms with Crippen molar-refractivity contribution in [3.05, 3.63) is 93.3 Å². The highest BCUT2D eigenvalue weighted by molar-refractivity contribution is 6.30. The van der Waals surface area contributed by atoms with Gasteiger partial charge in [0.25, 0.3) is 0 Å². The van der Waals surface area contributed by atoms with E-state index in [1.807, 2.05) is 42.5 Å². The number of fused-ring (bicyclic) bond motifs is 3. The summed E-state index contributed by atoms with van der Waals surface area (Å²) in [6.07, 6.45) is 1.52. The summed E-state index contributed by atoms with van der Waals surface area (Å²) in [5.41, 5.74) is 3.71. The molecule has 0 N–H and O–H groups in total. The zero-order chi connectivity index (χ0) is 21.4. The molecule has 0 saturated heterocycles. The molecule has 0 bridgehead atoms. The van der Waals surface area contributed by atoms with E-state index in [-0.39, 0.29) is 5.43 Å². The average Bonchev–Trinajstić information content (AvgIpc) is 2.80. The van der Waals surface area contributed by atoms with Gasteiger partial charge in [0.15, 0.2) is 0 Å². The van der Waals surface area contributed by atoms with Crippen molar-refractivity contribution in [2.45, 2.75) is 13.1 Å². The van der Waals surface area contributed by atoms with Gasteiger partial charge in [-0.15, -0.1) is 0 Å². The molecule has 2 heterocycles. The molecule has 1 aromatic heterocycles. The van der Waals surface area contributed by atoms with Crippen LogP contribution in [0.5, 0.6) is 11.5 Å². The summed E-state index contributed by atoms with van der Waals surface area (Å²) in [6.45, 7) is 1.71. The SMILES string of the molecule is COc1ccccc1CN1COc2ccc3c(=O)c(-c4ccc(Cl)cc4)coc3c2C1. The molecule has 0 spiro atoms. The fourth-order valence-corrected chi connectivity index (χ4v) is 4.09. The minimum atomic E-state index is -0.0757. The minimum Gasteiger partial charge on any atom is -0.496 e. The van der Waals surface area contributed by atoms with Gasteiger partial charge in [-0.25, -0.2) is 0 Å². The van der Waals surface area contributed by atoms with E-state index in [1.165, 1.54) is 6.26 Å². The van der Waals surface area contributed by atoms with Gasteiger partial charge in [0.05, 0.1) is 23.6 Å². The molecule has 1 aliphatic heterocycles. The molecular weight excluding hydrogens is 414 g/mol. The summed E-state index contributed by atoms with van der Waals surface area (Å²) in [5, 5.41) is 1.16. The topological polar surface area (TPSA) is 51.9 Å². The highest BCUT2D eigenvalue weighted by atomic mass is 35.5. The van der Waals surface area contributed by atoms with Crippen molar-refractivity contribution >= 4 is 22.6 Å². The molecule has 0 fully saturated rings. The summed E-state index contributed by atoms with van der Waals surface area (Å²) < 4.78 is 17.4. The van der Waals surface area contributed by atoms with Gasteiger partial charge in [0, 0.05) is 23.7 Å². The molecule has 0 amide bonds. The van der Waals surface area contributed by atoms with Crippen LogP contribution in [0.3, 0.4) is 0 Å². The molecule has 5 rings (SSSR count). The predicted molar refractivity (Wildman–Crippen MR) is 121 cm³/mol. The zero-order valence-corrected chi connectivity index (χ0v) is 17.7. The van der Waals surface area contributed by atoms with Crippen molar-refractivity contribution < 1.29 is 13.9 Å². The number of benzene rings is 3. The van der Waals surface area contributed by atoms with Gasteiger partial charge in [0.2, 0.25) is 5.43 Å². The number of rotatable bonds is 4. The highest BCUT2D eigenvalue weighted by Crippen LogP contribution is 2.33. The Labute approximate surface area is 184 Å². The van der Waals surface area contributed by atoms with E-state index in [2.05, 4.69) is 4.90 Å². The Morgan fingerprint density at radius 2 is 1.87 bits per heavy atom. The molecule has 156 valence electrons. The minimum absolute atomic E-state index is 0.0757. The summed E-state index contributed by atoms with van der Waals surface area (Å²) in [4.78, 5) is 15.3. The van der Waals surface area contributed by atoms with Gasteiger partial charge in [-0.2, -0.15) is 0 Å². The maximum atomic E-state index is 13.2. The standard InChI is InChI=1S/C25H20ClNO4/c1-29-22-5-3-2-4-17(22)12-27-13-20-23(31-15-27)11-10-19-24(28)21(14-30-25(19)20)16-6-8-18(26)9-7-16/h2-11,14H,12-13,15H2,1H3. The fourth-order valence-electron chi connectivity index (χ4n) is 3.96. The Hall–Kier alpha value is -3.28. The Kier molecular flexibility index (Phi) is 5.14. The van der Waals surface area contributed by atoms with Gasteiger partial charge in [-0.1, -0.05) is 41.9 Å². The quantitative estimate of drug-likeness (QED) is 0.427. The summed E-state index contributed by atoms with van der Waals surface area (Å²) in [6, 6.07) is 18.7. The number of halogens is 1. The lowest BCUT2D eigenvalue weighted by molar-refractivity contribution is 0.0882. The van der Waals surface area contributed by atoms with Crippen LogP contribution in [0.15, 0.2) is 76.1 Å². The molecule has 6 heteroatoms. The van der Waals surface area contributed by atoms with Gasteiger partial charge >= 0.3 is 0 Å². The van der Waals surface area contributed by atoms with Crippen LogP contribution in [-0.4, -0.2) is 18.7 Å². The lowest BCUT2D eigenvalue weighted by atomic mass is 10.0. The number of methoxy groups -OCH3 is 1. The molecule has 0 saturated carbocycles. The largest absolute Gasteiger partial charge is 0.496 e. The van der Waals surface area contributed by atoms with E-state index in [1.54, 1.807) is 25.3 Å². The Bertz CT molecular complexity index is 1310. The van der Waals surface area contributed by atoms with E-state index < -0.39 is 0 Å². The van der Waals surface area contributed by atoms with E-state index in [0.717, 1.165) is 28.2 Å². The van der Waals surface area contributed by atoms with Crippen molar-refractivity contribution in [2.24, 2.45) is 0 Å². The Morgan fingerprint density at radius 1 is 1.06 bits per heavy atom. The Balaban J connectivity index is 1.51. The van der Waals surface area contributed by atoms with Gasteiger partial charge in [-0.3, -0.25) is 9.69 Å². The number of hydrogen-bond acceptors (Lipinski definition) is 5. The van der Waals surface area contributed by atoms with Crippen LogP contribution in [0.2, 0.25) is 5.02 Å². The number of para-hydroxylation sites is 1. The second kappa shape index (κ2) is 8.10. The molecule has 0 radical (unpaired) electrons. The lowest BCUT2D eigenvalue weighted by Crippen LogP contribution is -2.32. The van der Waals surface area contributed by atoms with Gasteiger partial charge in [-0.05, 0) is 35.9 Å². The third-order valence-electron chi connectivity index (χ3n) is 5.53. The van der Waals surface area contributed by atoms with Crippen molar-refractivity contribution in [1.82, 2.24) is 4.90 Å². The predicted octanol–water partition coefficient (Wildman–Crippen LogP) is 5.47. The molecule has 0 aliphatic carbocycles. The first-order valence-electron chi connectivity index (χ1n) is 9.94. The van der Waals surface area contributed by atoms with Crippen LogP contribution in [0.1, 0.15) is 11.1 Å². The zero-order valence-electron chi connectivity index (χ0n) is 16.9.